The van der Waals surface area contributed by atoms with Crippen molar-refractivity contribution < 1.29 is 29.4 Å². The van der Waals surface area contributed by atoms with E-state index in [1.165, 1.54) is 0 Å². The van der Waals surface area contributed by atoms with Crippen molar-refractivity contribution >= 4 is 29.2 Å². The van der Waals surface area contributed by atoms with E-state index < -0.39 is 17.8 Å². The number of halogens is 1. The van der Waals surface area contributed by atoms with Gasteiger partial charge in [-0.1, -0.05) is 41.9 Å². The topological polar surface area (TPSA) is 109 Å². The van der Waals surface area contributed by atoms with E-state index in [2.05, 4.69) is 12.1 Å². The van der Waals surface area contributed by atoms with E-state index in [4.69, 9.17) is 21.2 Å². The number of rotatable bonds is 3. The molecule has 8 nitrogen and oxygen atoms in total. The Labute approximate surface area is 210 Å². The maximum absolute atomic E-state index is 12.9. The Morgan fingerprint density at radius 2 is 1.91 bits per heavy atom. The average molecular weight is 505 g/mol. The Balaban J connectivity index is 1.91. The first-order valence-corrected chi connectivity index (χ1v) is 12.4. The minimum Gasteiger partial charge on any atom is -0.507 e. The van der Waals surface area contributed by atoms with Crippen LogP contribution in [0.1, 0.15) is 61.9 Å². The molecule has 1 amide bonds. The molecule has 3 rings (SSSR count). The molecule has 0 saturated carbocycles. The number of esters is 1. The first kappa shape index (κ1) is 26.6. The number of fused-ring (bicyclic) bond motifs is 1. The molecule has 190 valence electrons. The van der Waals surface area contributed by atoms with Crippen LogP contribution in [-0.2, 0) is 20.8 Å². The van der Waals surface area contributed by atoms with Crippen LogP contribution in [0.5, 0.6) is 11.5 Å². The molecule has 0 aromatic heterocycles. The molecule has 1 aromatic carbocycles. The number of ether oxygens (including phenoxy) is 1. The Bertz CT molecular complexity index is 1010. The zero-order valence-electron chi connectivity index (χ0n) is 20.2. The maximum atomic E-state index is 12.9. The molecular formula is C26H33ClN2O6. The normalized spacial score (nSPS) is 24.7. The minimum absolute atomic E-state index is 0.0295. The SMILES string of the molecule is C[C@@H]1/C=C/C[C@@H](C)OC(=O)c2c(O)cc(O)c(Cl)c2CC(=N\OCC(=O)N2CCCCC2)/C=C/C1. The van der Waals surface area contributed by atoms with Crippen LogP contribution in [-0.4, -0.2) is 58.5 Å². The van der Waals surface area contributed by atoms with Gasteiger partial charge in [0.1, 0.15) is 23.2 Å². The summed E-state index contributed by atoms with van der Waals surface area (Å²) >= 11 is 6.35. The predicted octanol–water partition coefficient (Wildman–Crippen LogP) is 4.77. The number of carbonyl (C=O) groups is 2. The lowest BCUT2D eigenvalue weighted by molar-refractivity contribution is -0.137. The summed E-state index contributed by atoms with van der Waals surface area (Å²) in [5, 5.41) is 24.7. The molecule has 2 atom stereocenters. The molecule has 2 N–H and O–H groups in total. The number of amides is 1. The molecule has 35 heavy (non-hydrogen) atoms. The fourth-order valence-electron chi connectivity index (χ4n) is 4.08. The van der Waals surface area contributed by atoms with Gasteiger partial charge in [-0.05, 0) is 50.2 Å². The second-order valence-corrected chi connectivity index (χ2v) is 9.43. The van der Waals surface area contributed by atoms with Crippen LogP contribution in [0.25, 0.3) is 0 Å². The lowest BCUT2D eigenvalue weighted by Gasteiger charge is -2.26. The summed E-state index contributed by atoms with van der Waals surface area (Å²) in [7, 11) is 0. The summed E-state index contributed by atoms with van der Waals surface area (Å²) in [6, 6.07) is 1.01. The van der Waals surface area contributed by atoms with Crippen molar-refractivity contribution in [3.8, 4) is 11.5 Å². The number of phenols is 2. The number of piperidine rings is 1. The smallest absolute Gasteiger partial charge is 0.342 e. The van der Waals surface area contributed by atoms with Gasteiger partial charge in [-0.3, -0.25) is 4.79 Å². The minimum atomic E-state index is -0.755. The number of likely N-dealkylation sites (tertiary alicyclic amines) is 1. The van der Waals surface area contributed by atoms with Crippen LogP contribution in [0, 0.1) is 5.92 Å². The molecule has 0 bridgehead atoms. The monoisotopic (exact) mass is 504 g/mol. The first-order valence-electron chi connectivity index (χ1n) is 12.0. The number of phenolic OH excluding ortho intramolecular Hbond substituents is 2. The van der Waals surface area contributed by atoms with Gasteiger partial charge < -0.3 is 24.7 Å². The number of allylic oxidation sites excluding steroid dienone is 3. The highest BCUT2D eigenvalue weighted by Gasteiger charge is 2.26. The molecule has 0 unspecified atom stereocenters. The van der Waals surface area contributed by atoms with Crippen LogP contribution in [0.4, 0.5) is 0 Å². The summed E-state index contributed by atoms with van der Waals surface area (Å²) in [4.78, 5) is 32.5. The standard InChI is InChI=1S/C26H33ClN2O6/c1-17-8-6-10-18(2)35-26(33)24-20(25(27)22(31)15-21(24)30)14-19(11-7-9-17)28-34-16-23(32)29-12-4-3-5-13-29/h6-8,11,15,17-18,30-31H,3-5,9-10,12-14,16H2,1-2H3/b8-6+,11-7+,28-19-/t17-,18-/m1/s1. The van der Waals surface area contributed by atoms with E-state index >= 15 is 0 Å². The van der Waals surface area contributed by atoms with Crippen LogP contribution < -0.4 is 0 Å². The summed E-state index contributed by atoms with van der Waals surface area (Å²) in [6.07, 6.45) is 11.5. The van der Waals surface area contributed by atoms with E-state index in [1.807, 2.05) is 18.2 Å². The highest BCUT2D eigenvalue weighted by molar-refractivity contribution is 6.33. The van der Waals surface area contributed by atoms with Crippen molar-refractivity contribution in [3.63, 3.8) is 0 Å². The lowest BCUT2D eigenvalue weighted by atomic mass is 9.98. The van der Waals surface area contributed by atoms with Crippen LogP contribution >= 0.6 is 11.6 Å². The van der Waals surface area contributed by atoms with E-state index in [9.17, 15) is 19.8 Å². The van der Waals surface area contributed by atoms with Gasteiger partial charge in [-0.25, -0.2) is 4.79 Å². The van der Waals surface area contributed by atoms with Crippen LogP contribution in [0.3, 0.4) is 0 Å². The number of hydrogen-bond donors (Lipinski definition) is 2. The van der Waals surface area contributed by atoms with E-state index in [0.717, 1.165) is 31.7 Å². The van der Waals surface area contributed by atoms with Crippen molar-refractivity contribution in [3.05, 3.63) is 46.5 Å². The molecular weight excluding hydrogens is 472 g/mol. The van der Waals surface area contributed by atoms with E-state index in [-0.39, 0.29) is 46.8 Å². The molecule has 2 heterocycles. The van der Waals surface area contributed by atoms with Crippen molar-refractivity contribution in [2.45, 2.75) is 58.5 Å². The predicted molar refractivity (Wildman–Crippen MR) is 134 cm³/mol. The van der Waals surface area contributed by atoms with Gasteiger partial charge in [-0.2, -0.15) is 0 Å². The number of oxime groups is 1. The Kier molecular flexibility index (Phi) is 9.60. The Morgan fingerprint density at radius 3 is 2.66 bits per heavy atom. The zero-order valence-corrected chi connectivity index (χ0v) is 21.0. The zero-order chi connectivity index (χ0) is 25.4. The third-order valence-electron chi connectivity index (χ3n) is 6.02. The number of aromatic hydroxyl groups is 2. The van der Waals surface area contributed by atoms with Crippen molar-refractivity contribution in [2.75, 3.05) is 19.7 Å². The first-order chi connectivity index (χ1) is 16.8. The molecule has 2 aliphatic rings. The van der Waals surface area contributed by atoms with Crippen molar-refractivity contribution in [1.82, 2.24) is 4.90 Å². The molecule has 0 spiro atoms. The molecule has 0 radical (unpaired) electrons. The number of cyclic esters (lactones) is 1. The van der Waals surface area contributed by atoms with Gasteiger partial charge in [0.2, 0.25) is 0 Å². The summed E-state index contributed by atoms with van der Waals surface area (Å²) in [5.41, 5.74) is 0.398. The molecule has 2 aliphatic heterocycles. The molecule has 0 aliphatic carbocycles. The van der Waals surface area contributed by atoms with Crippen molar-refractivity contribution in [1.29, 1.82) is 0 Å². The third kappa shape index (κ3) is 7.49. The van der Waals surface area contributed by atoms with Gasteiger partial charge in [0.25, 0.3) is 5.91 Å². The van der Waals surface area contributed by atoms with Crippen LogP contribution in [0.15, 0.2) is 35.5 Å². The van der Waals surface area contributed by atoms with Gasteiger partial charge in [0, 0.05) is 32.0 Å². The fraction of sp³-hybridized carbons (Fsp3) is 0.500. The molecule has 1 saturated heterocycles. The lowest BCUT2D eigenvalue weighted by Crippen LogP contribution is -2.37. The maximum Gasteiger partial charge on any atom is 0.342 e. The Hall–Kier alpha value is -3.00. The second kappa shape index (κ2) is 12.6. The average Bonchev–Trinajstić information content (AvgIpc) is 2.82. The molecule has 1 fully saturated rings. The highest BCUT2D eigenvalue weighted by Crippen LogP contribution is 2.37. The third-order valence-corrected chi connectivity index (χ3v) is 6.44. The second-order valence-electron chi connectivity index (χ2n) is 9.05. The van der Waals surface area contributed by atoms with Gasteiger partial charge >= 0.3 is 5.97 Å². The quantitative estimate of drug-likeness (QED) is 0.349. The van der Waals surface area contributed by atoms with Crippen molar-refractivity contribution in [2.24, 2.45) is 11.1 Å². The van der Waals surface area contributed by atoms with Crippen LogP contribution in [0.2, 0.25) is 5.02 Å². The summed E-state index contributed by atoms with van der Waals surface area (Å²) in [5.74, 6) is -1.46. The Morgan fingerprint density at radius 1 is 1.17 bits per heavy atom. The summed E-state index contributed by atoms with van der Waals surface area (Å²) < 4.78 is 5.52. The van der Waals surface area contributed by atoms with E-state index in [0.29, 0.717) is 25.2 Å². The highest BCUT2D eigenvalue weighted by atomic mass is 35.5. The number of hydrogen-bond acceptors (Lipinski definition) is 7. The number of carbonyl (C=O) groups excluding carboxylic acids is 2. The molecule has 9 heteroatoms. The largest absolute Gasteiger partial charge is 0.507 e. The van der Waals surface area contributed by atoms with Gasteiger partial charge in [0.05, 0.1) is 10.7 Å². The number of benzene rings is 1. The number of nitrogens with zero attached hydrogens (tertiary/aromatic N) is 2. The van der Waals surface area contributed by atoms with Gasteiger partial charge in [-0.15, -0.1) is 0 Å². The molecule has 1 aromatic rings. The van der Waals surface area contributed by atoms with E-state index in [1.54, 1.807) is 17.9 Å². The fourth-order valence-corrected chi connectivity index (χ4v) is 4.29. The van der Waals surface area contributed by atoms with Gasteiger partial charge in [0.15, 0.2) is 6.61 Å². The summed E-state index contributed by atoms with van der Waals surface area (Å²) in [6.45, 7) is 5.05.